The Hall–Kier alpha value is -0.420. The van der Waals surface area contributed by atoms with Gasteiger partial charge in [-0.2, -0.15) is 0 Å². The van der Waals surface area contributed by atoms with Crippen molar-refractivity contribution in [1.82, 2.24) is 4.98 Å². The fourth-order valence-corrected chi connectivity index (χ4v) is 3.43. The number of hydrogen-bond acceptors (Lipinski definition) is 3. The fourth-order valence-electron chi connectivity index (χ4n) is 2.31. The van der Waals surface area contributed by atoms with Gasteiger partial charge in [0.1, 0.15) is 0 Å². The summed E-state index contributed by atoms with van der Waals surface area (Å²) in [6.45, 7) is 0. The Morgan fingerprint density at radius 1 is 1.47 bits per heavy atom. The van der Waals surface area contributed by atoms with Crippen LogP contribution in [-0.2, 0) is 4.79 Å². The van der Waals surface area contributed by atoms with Crippen LogP contribution in [0.25, 0.3) is 0 Å². The standard InChI is InChI=1S/C12H17BrN2OS/c13-10-8-14-12(17-10)15-11(16)7-6-9-4-2-1-3-5-9/h8-9H,1-7H2,(H,14,15,16). The molecular weight excluding hydrogens is 300 g/mol. The number of hydrogen-bond donors (Lipinski definition) is 1. The average molecular weight is 317 g/mol. The highest BCUT2D eigenvalue weighted by molar-refractivity contribution is 9.11. The van der Waals surface area contributed by atoms with E-state index >= 15 is 0 Å². The number of rotatable bonds is 4. The largest absolute Gasteiger partial charge is 0.302 e. The van der Waals surface area contributed by atoms with Gasteiger partial charge in [-0.15, -0.1) is 0 Å². The second-order valence-corrected chi connectivity index (χ2v) is 6.97. The molecule has 0 radical (unpaired) electrons. The number of amides is 1. The van der Waals surface area contributed by atoms with Crippen LogP contribution in [0.1, 0.15) is 44.9 Å². The average Bonchev–Trinajstić information content (AvgIpc) is 2.73. The second kappa shape index (κ2) is 6.50. The van der Waals surface area contributed by atoms with Gasteiger partial charge in [-0.3, -0.25) is 4.79 Å². The Bertz CT molecular complexity index is 374. The van der Waals surface area contributed by atoms with Gasteiger partial charge >= 0.3 is 0 Å². The molecule has 1 saturated carbocycles. The van der Waals surface area contributed by atoms with Crippen LogP contribution in [0.15, 0.2) is 9.98 Å². The molecule has 1 aromatic heterocycles. The SMILES string of the molecule is O=C(CCC1CCCCC1)Nc1ncc(Br)s1. The molecule has 0 atom stereocenters. The van der Waals surface area contributed by atoms with Crippen molar-refractivity contribution in [3.63, 3.8) is 0 Å². The van der Waals surface area contributed by atoms with E-state index in [9.17, 15) is 4.79 Å². The lowest BCUT2D eigenvalue weighted by molar-refractivity contribution is -0.116. The van der Waals surface area contributed by atoms with Crippen molar-refractivity contribution in [2.45, 2.75) is 44.9 Å². The van der Waals surface area contributed by atoms with Gasteiger partial charge in [-0.1, -0.05) is 43.4 Å². The molecule has 0 spiro atoms. The molecule has 1 amide bonds. The molecule has 94 valence electrons. The Labute approximate surface area is 114 Å². The third-order valence-corrected chi connectivity index (χ3v) is 4.62. The number of thiazole rings is 1. The summed E-state index contributed by atoms with van der Waals surface area (Å²) in [5, 5.41) is 3.53. The predicted octanol–water partition coefficient (Wildman–Crippen LogP) is 4.20. The Kier molecular flexibility index (Phi) is 4.98. The predicted molar refractivity (Wildman–Crippen MR) is 74.3 cm³/mol. The number of aromatic nitrogens is 1. The van der Waals surface area contributed by atoms with Crippen LogP contribution in [0.2, 0.25) is 0 Å². The van der Waals surface area contributed by atoms with Crippen LogP contribution in [0, 0.1) is 5.92 Å². The highest BCUT2D eigenvalue weighted by atomic mass is 79.9. The number of halogens is 1. The van der Waals surface area contributed by atoms with Crippen molar-refractivity contribution in [3.05, 3.63) is 9.98 Å². The zero-order valence-electron chi connectivity index (χ0n) is 9.75. The van der Waals surface area contributed by atoms with Crippen molar-refractivity contribution in [2.75, 3.05) is 5.32 Å². The first-order valence-corrected chi connectivity index (χ1v) is 7.76. The summed E-state index contributed by atoms with van der Waals surface area (Å²) >= 11 is 4.78. The highest BCUT2D eigenvalue weighted by Crippen LogP contribution is 2.28. The van der Waals surface area contributed by atoms with E-state index in [1.807, 2.05) is 0 Å². The topological polar surface area (TPSA) is 42.0 Å². The lowest BCUT2D eigenvalue weighted by Crippen LogP contribution is -2.14. The van der Waals surface area contributed by atoms with Gasteiger partial charge in [-0.25, -0.2) is 4.98 Å². The first-order valence-electron chi connectivity index (χ1n) is 6.15. The van der Waals surface area contributed by atoms with Crippen molar-refractivity contribution >= 4 is 38.3 Å². The van der Waals surface area contributed by atoms with E-state index in [0.717, 1.165) is 16.1 Å². The molecule has 3 nitrogen and oxygen atoms in total. The van der Waals surface area contributed by atoms with Crippen LogP contribution < -0.4 is 5.32 Å². The number of carbonyl (C=O) groups is 1. The van der Waals surface area contributed by atoms with Gasteiger partial charge in [0, 0.05) is 6.42 Å². The maximum absolute atomic E-state index is 11.7. The van der Waals surface area contributed by atoms with Crippen molar-refractivity contribution < 1.29 is 4.79 Å². The molecule has 0 aliphatic heterocycles. The van der Waals surface area contributed by atoms with Crippen molar-refractivity contribution in [1.29, 1.82) is 0 Å². The lowest BCUT2D eigenvalue weighted by Gasteiger charge is -2.20. The van der Waals surface area contributed by atoms with E-state index in [1.54, 1.807) is 6.20 Å². The van der Waals surface area contributed by atoms with Crippen LogP contribution in [-0.4, -0.2) is 10.9 Å². The summed E-state index contributed by atoms with van der Waals surface area (Å²) in [6.07, 6.45) is 10.0. The molecule has 1 fully saturated rings. The third-order valence-electron chi connectivity index (χ3n) is 3.23. The van der Waals surface area contributed by atoms with Crippen molar-refractivity contribution in [3.8, 4) is 0 Å². The van der Waals surface area contributed by atoms with Crippen molar-refractivity contribution in [2.24, 2.45) is 5.92 Å². The Morgan fingerprint density at radius 3 is 2.88 bits per heavy atom. The zero-order valence-corrected chi connectivity index (χ0v) is 12.1. The molecule has 1 N–H and O–H groups in total. The molecule has 0 aromatic carbocycles. The maximum atomic E-state index is 11.7. The van der Waals surface area contributed by atoms with Gasteiger partial charge in [0.15, 0.2) is 5.13 Å². The third kappa shape index (κ3) is 4.39. The minimum atomic E-state index is 0.0948. The quantitative estimate of drug-likeness (QED) is 0.904. The highest BCUT2D eigenvalue weighted by Gasteiger charge is 2.15. The molecule has 0 saturated heterocycles. The fraction of sp³-hybridized carbons (Fsp3) is 0.667. The molecule has 1 aliphatic carbocycles. The molecule has 0 unspecified atom stereocenters. The molecule has 1 aromatic rings. The molecule has 5 heteroatoms. The molecule has 1 aliphatic rings. The summed E-state index contributed by atoms with van der Waals surface area (Å²) in [6, 6.07) is 0. The van der Waals surface area contributed by atoms with Crippen LogP contribution in [0.5, 0.6) is 0 Å². The first kappa shape index (κ1) is 13.0. The van der Waals surface area contributed by atoms with E-state index in [4.69, 9.17) is 0 Å². The van der Waals surface area contributed by atoms with Crippen LogP contribution in [0.3, 0.4) is 0 Å². The van der Waals surface area contributed by atoms with Crippen LogP contribution in [0.4, 0.5) is 5.13 Å². The Morgan fingerprint density at radius 2 is 2.24 bits per heavy atom. The van der Waals surface area contributed by atoms with Gasteiger partial charge in [0.25, 0.3) is 0 Å². The number of anilines is 1. The van der Waals surface area contributed by atoms with Gasteiger partial charge in [0.2, 0.25) is 5.91 Å². The lowest BCUT2D eigenvalue weighted by atomic mass is 9.86. The monoisotopic (exact) mass is 316 g/mol. The summed E-state index contributed by atoms with van der Waals surface area (Å²) in [5.74, 6) is 0.856. The minimum Gasteiger partial charge on any atom is -0.302 e. The molecular formula is C12H17BrN2OS. The van der Waals surface area contributed by atoms with E-state index < -0.39 is 0 Å². The maximum Gasteiger partial charge on any atom is 0.226 e. The Balaban J connectivity index is 1.70. The summed E-state index contributed by atoms with van der Waals surface area (Å²) < 4.78 is 0.945. The molecule has 0 bridgehead atoms. The zero-order chi connectivity index (χ0) is 12.1. The van der Waals surface area contributed by atoms with Crippen LogP contribution >= 0.6 is 27.3 Å². The van der Waals surface area contributed by atoms with Gasteiger partial charge < -0.3 is 5.32 Å². The first-order chi connectivity index (χ1) is 8.24. The molecule has 1 heterocycles. The number of nitrogens with one attached hydrogen (secondary N) is 1. The molecule has 2 rings (SSSR count). The second-order valence-electron chi connectivity index (χ2n) is 4.56. The van der Waals surface area contributed by atoms with E-state index in [0.29, 0.717) is 11.6 Å². The molecule has 17 heavy (non-hydrogen) atoms. The smallest absolute Gasteiger partial charge is 0.226 e. The van der Waals surface area contributed by atoms with E-state index in [-0.39, 0.29) is 5.91 Å². The summed E-state index contributed by atoms with van der Waals surface area (Å²) in [4.78, 5) is 15.8. The van der Waals surface area contributed by atoms with E-state index in [1.165, 1.54) is 43.4 Å². The summed E-state index contributed by atoms with van der Waals surface area (Å²) in [7, 11) is 0. The normalized spacial score (nSPS) is 17.0. The van der Waals surface area contributed by atoms with E-state index in [2.05, 4.69) is 26.2 Å². The van der Waals surface area contributed by atoms with Gasteiger partial charge in [-0.05, 0) is 28.3 Å². The summed E-state index contributed by atoms with van der Waals surface area (Å²) in [5.41, 5.74) is 0. The minimum absolute atomic E-state index is 0.0948. The van der Waals surface area contributed by atoms with Gasteiger partial charge in [0.05, 0.1) is 9.98 Å². The number of nitrogens with zero attached hydrogens (tertiary/aromatic N) is 1. The number of carbonyl (C=O) groups excluding carboxylic acids is 1.